The number of hydrogen-bond acceptors (Lipinski definition) is 9. The number of primary amides is 2. The Labute approximate surface area is 158 Å². The third-order valence-electron chi connectivity index (χ3n) is 3.53. The van der Waals surface area contributed by atoms with Crippen molar-refractivity contribution in [2.75, 3.05) is 0 Å². The Bertz CT molecular complexity index is 721. The molecule has 0 aliphatic heterocycles. The van der Waals surface area contributed by atoms with Crippen LogP contribution in [-0.2, 0) is 14.4 Å². The van der Waals surface area contributed by atoms with Crippen LogP contribution < -0.4 is 27.8 Å². The molecule has 0 aliphatic rings. The number of nitrogens with one attached hydrogen (secondary N) is 2. The maximum absolute atomic E-state index is 12.1. The van der Waals surface area contributed by atoms with Crippen LogP contribution in [0.4, 0.5) is 4.79 Å². The fourth-order valence-corrected chi connectivity index (χ4v) is 2.12. The summed E-state index contributed by atoms with van der Waals surface area (Å²) < 4.78 is 5.01. The predicted octanol–water partition coefficient (Wildman–Crippen LogP) is -2.62. The van der Waals surface area contributed by atoms with Crippen LogP contribution >= 0.6 is 0 Å². The van der Waals surface area contributed by atoms with Gasteiger partial charge in [0, 0.05) is 12.8 Å². The number of nitrogens with two attached hydrogens (primary N) is 3. The zero-order valence-corrected chi connectivity index (χ0v) is 15.0. The quantitative estimate of drug-likeness (QED) is 0.203. The second kappa shape index (κ2) is 10.2. The highest BCUT2D eigenvalue weighted by molar-refractivity contribution is 5.83. The number of carbonyl (C=O) groups is 4. The van der Waals surface area contributed by atoms with E-state index >= 15 is 0 Å². The molecular formula is C14H23N7O7. The number of aliphatic hydroxyl groups excluding tert-OH is 1. The van der Waals surface area contributed by atoms with Gasteiger partial charge in [-0.2, -0.15) is 4.98 Å². The number of carboxylic acids is 1. The first-order valence-corrected chi connectivity index (χ1v) is 8.14. The van der Waals surface area contributed by atoms with Crippen LogP contribution in [0.15, 0.2) is 4.52 Å². The summed E-state index contributed by atoms with van der Waals surface area (Å²) in [6.45, 7) is 1.19. The molecule has 1 rings (SSSR count). The van der Waals surface area contributed by atoms with Gasteiger partial charge >= 0.3 is 12.0 Å². The highest BCUT2D eigenvalue weighted by Gasteiger charge is 2.28. The summed E-state index contributed by atoms with van der Waals surface area (Å²) in [5.41, 5.74) is 15.9. The van der Waals surface area contributed by atoms with E-state index in [0.717, 1.165) is 0 Å². The monoisotopic (exact) mass is 401 g/mol. The van der Waals surface area contributed by atoms with Gasteiger partial charge in [0.15, 0.2) is 11.9 Å². The number of urea groups is 1. The van der Waals surface area contributed by atoms with Gasteiger partial charge in [-0.05, 0) is 13.3 Å². The second-order valence-electron chi connectivity index (χ2n) is 6.00. The van der Waals surface area contributed by atoms with Gasteiger partial charge in [-0.1, -0.05) is 5.16 Å². The molecule has 0 saturated heterocycles. The average molecular weight is 401 g/mol. The Kier molecular flexibility index (Phi) is 8.28. The summed E-state index contributed by atoms with van der Waals surface area (Å²) in [7, 11) is 0. The predicted molar refractivity (Wildman–Crippen MR) is 91.0 cm³/mol. The molecule has 10 N–H and O–H groups in total. The third-order valence-corrected chi connectivity index (χ3v) is 3.53. The van der Waals surface area contributed by atoms with E-state index in [4.69, 9.17) is 26.8 Å². The highest BCUT2D eigenvalue weighted by Crippen LogP contribution is 2.19. The molecule has 4 amide bonds. The van der Waals surface area contributed by atoms with E-state index in [0.29, 0.717) is 0 Å². The van der Waals surface area contributed by atoms with Gasteiger partial charge in [0.2, 0.25) is 17.7 Å². The Morgan fingerprint density at radius 2 is 1.82 bits per heavy atom. The number of aliphatic hydroxyl groups is 1. The molecule has 1 aromatic heterocycles. The van der Waals surface area contributed by atoms with Gasteiger partial charge in [0.05, 0.1) is 12.1 Å². The van der Waals surface area contributed by atoms with Gasteiger partial charge in [0.25, 0.3) is 0 Å². The van der Waals surface area contributed by atoms with Gasteiger partial charge in [0.1, 0.15) is 6.04 Å². The third kappa shape index (κ3) is 7.16. The molecule has 14 heteroatoms. The normalized spacial score (nSPS) is 15.1. The summed E-state index contributed by atoms with van der Waals surface area (Å²) >= 11 is 0. The van der Waals surface area contributed by atoms with Crippen LogP contribution in [0.25, 0.3) is 0 Å². The Balaban J connectivity index is 2.92. The highest BCUT2D eigenvalue weighted by atomic mass is 16.5. The molecule has 14 nitrogen and oxygen atoms in total. The fraction of sp³-hybridized carbons (Fsp3) is 0.571. The van der Waals surface area contributed by atoms with Crippen LogP contribution in [0.5, 0.6) is 0 Å². The van der Waals surface area contributed by atoms with Crippen molar-refractivity contribution in [1.82, 2.24) is 20.8 Å². The Morgan fingerprint density at radius 3 is 2.32 bits per heavy atom. The van der Waals surface area contributed by atoms with Crippen molar-refractivity contribution in [3.63, 3.8) is 0 Å². The second-order valence-corrected chi connectivity index (χ2v) is 6.00. The molecule has 1 aromatic rings. The molecule has 156 valence electrons. The van der Waals surface area contributed by atoms with Crippen molar-refractivity contribution in [1.29, 1.82) is 0 Å². The topological polar surface area (TPSA) is 250 Å². The Hall–Kier alpha value is -3.26. The molecular weight excluding hydrogens is 378 g/mol. The van der Waals surface area contributed by atoms with E-state index in [1.165, 1.54) is 6.92 Å². The number of amides is 4. The number of nitrogens with zero attached hydrogens (tertiary/aromatic N) is 2. The number of hydrogen-bond donors (Lipinski definition) is 7. The largest absolute Gasteiger partial charge is 0.480 e. The zero-order chi connectivity index (χ0) is 21.4. The first-order chi connectivity index (χ1) is 13.0. The molecule has 0 spiro atoms. The van der Waals surface area contributed by atoms with Gasteiger partial charge in [-0.15, -0.1) is 0 Å². The van der Waals surface area contributed by atoms with Crippen molar-refractivity contribution in [3.05, 3.63) is 11.7 Å². The van der Waals surface area contributed by atoms with Gasteiger partial charge < -0.3 is 42.6 Å². The fourth-order valence-electron chi connectivity index (χ4n) is 2.12. The van der Waals surface area contributed by atoms with E-state index in [9.17, 15) is 24.3 Å². The number of aliphatic carboxylic acids is 1. The molecule has 2 unspecified atom stereocenters. The van der Waals surface area contributed by atoms with E-state index in [-0.39, 0.29) is 31.0 Å². The molecule has 0 aromatic carbocycles. The van der Waals surface area contributed by atoms with Crippen LogP contribution in [0.2, 0.25) is 0 Å². The maximum atomic E-state index is 12.1. The van der Waals surface area contributed by atoms with E-state index in [2.05, 4.69) is 20.8 Å². The van der Waals surface area contributed by atoms with E-state index < -0.39 is 48.0 Å². The lowest BCUT2D eigenvalue weighted by molar-refractivity contribution is -0.141. The van der Waals surface area contributed by atoms with Crippen molar-refractivity contribution >= 4 is 23.8 Å². The summed E-state index contributed by atoms with van der Waals surface area (Å²) in [6.07, 6.45) is -1.81. The van der Waals surface area contributed by atoms with E-state index in [1.807, 2.05) is 0 Å². The first kappa shape index (κ1) is 22.8. The van der Waals surface area contributed by atoms with Gasteiger partial charge in [-0.25, -0.2) is 9.59 Å². The smallest absolute Gasteiger partial charge is 0.328 e. The van der Waals surface area contributed by atoms with Crippen LogP contribution in [-0.4, -0.2) is 56.3 Å². The zero-order valence-electron chi connectivity index (χ0n) is 15.0. The molecule has 28 heavy (non-hydrogen) atoms. The van der Waals surface area contributed by atoms with Crippen molar-refractivity contribution in [2.24, 2.45) is 17.2 Å². The minimum atomic E-state index is -1.57. The summed E-state index contributed by atoms with van der Waals surface area (Å²) in [4.78, 5) is 49.1. The van der Waals surface area contributed by atoms with Crippen molar-refractivity contribution in [2.45, 2.75) is 50.4 Å². The molecule has 0 aliphatic carbocycles. The summed E-state index contributed by atoms with van der Waals surface area (Å²) in [5.74, 6) is -2.98. The Morgan fingerprint density at radius 1 is 1.18 bits per heavy atom. The van der Waals surface area contributed by atoms with Crippen molar-refractivity contribution < 1.29 is 33.9 Å². The average Bonchev–Trinajstić information content (AvgIpc) is 3.05. The van der Waals surface area contributed by atoms with Crippen LogP contribution in [0.3, 0.4) is 0 Å². The van der Waals surface area contributed by atoms with Gasteiger partial charge in [-0.3, -0.25) is 9.59 Å². The summed E-state index contributed by atoms with van der Waals surface area (Å²) in [5, 5.41) is 26.4. The minimum Gasteiger partial charge on any atom is -0.480 e. The number of carboxylic acid groups (broad SMARTS) is 1. The maximum Gasteiger partial charge on any atom is 0.328 e. The SMILES string of the molecule is CC(O)[C@H](NC(=O)N[C@@H](CCC(N)=O)c1nc(C(N)CC(N)=O)no1)C(=O)O. The number of rotatable bonds is 11. The molecule has 1 heterocycles. The molecule has 0 saturated carbocycles. The standard InChI is InChI=1S/C14H23N7O7/c1-5(22)10(13(25)26)19-14(27)18-7(2-3-8(16)23)12-20-11(21-28-12)6(15)4-9(17)24/h5-7,10,22H,2-4,15H2,1H3,(H2,16,23)(H2,17,24)(H,25,26)(H2,18,19,27)/t5?,6?,7-,10-/m0/s1. The first-order valence-electron chi connectivity index (χ1n) is 8.14. The summed E-state index contributed by atoms with van der Waals surface area (Å²) in [6, 6.07) is -4.49. The lowest BCUT2D eigenvalue weighted by Crippen LogP contribution is -2.51. The van der Waals surface area contributed by atoms with Crippen molar-refractivity contribution in [3.8, 4) is 0 Å². The molecule has 0 radical (unpaired) electrons. The molecule has 0 bridgehead atoms. The lowest BCUT2D eigenvalue weighted by Gasteiger charge is -2.20. The van der Waals surface area contributed by atoms with E-state index in [1.54, 1.807) is 0 Å². The molecule has 0 fully saturated rings. The minimum absolute atomic E-state index is 0.0398. The van der Waals surface area contributed by atoms with Crippen LogP contribution in [0.1, 0.15) is 50.0 Å². The number of carbonyl (C=O) groups excluding carboxylic acids is 3. The lowest BCUT2D eigenvalue weighted by atomic mass is 10.1. The van der Waals surface area contributed by atoms with Crippen LogP contribution in [0, 0.1) is 0 Å². The molecule has 4 atom stereocenters. The number of aromatic nitrogens is 2.